The maximum absolute atomic E-state index is 12.4. The largest absolute Gasteiger partial charge is 0.466 e. The first-order valence-electron chi connectivity index (χ1n) is 26.6. The molecular formula is C54H103NO5. The minimum atomic E-state index is -0.669. The van der Waals surface area contributed by atoms with Crippen molar-refractivity contribution in [3.63, 3.8) is 0 Å². The monoisotopic (exact) mass is 846 g/mol. The fourth-order valence-corrected chi connectivity index (χ4v) is 8.16. The van der Waals surface area contributed by atoms with Crippen molar-refractivity contribution in [1.29, 1.82) is 0 Å². The van der Waals surface area contributed by atoms with Gasteiger partial charge in [-0.05, 0) is 57.8 Å². The number of esters is 1. The van der Waals surface area contributed by atoms with Crippen molar-refractivity contribution < 1.29 is 24.5 Å². The van der Waals surface area contributed by atoms with Gasteiger partial charge in [0, 0.05) is 12.8 Å². The lowest BCUT2D eigenvalue weighted by molar-refractivity contribution is -0.143. The molecule has 1 amide bonds. The zero-order valence-corrected chi connectivity index (χ0v) is 40.2. The summed E-state index contributed by atoms with van der Waals surface area (Å²) in [6.45, 7) is 4.90. The number of unbranched alkanes of at least 4 members (excludes halogenated alkanes) is 35. The third kappa shape index (κ3) is 45.9. The van der Waals surface area contributed by atoms with Gasteiger partial charge >= 0.3 is 5.97 Å². The molecule has 0 radical (unpaired) electrons. The quantitative estimate of drug-likeness (QED) is 0.0322. The number of hydrogen-bond donors (Lipinski definition) is 3. The Balaban J connectivity index is 3.47. The lowest BCUT2D eigenvalue weighted by atomic mass is 10.0. The van der Waals surface area contributed by atoms with Crippen molar-refractivity contribution in [1.82, 2.24) is 5.32 Å². The van der Waals surface area contributed by atoms with E-state index >= 15 is 0 Å². The van der Waals surface area contributed by atoms with Gasteiger partial charge in [-0.25, -0.2) is 0 Å². The molecule has 0 bridgehead atoms. The SMILES string of the molecule is CCCCCCCCCCCCCCC(=O)OCCCCC/C=C\C=C/CCCCCCCCCCCCC(=O)NC(CO)C(O)CCCCCCCCCCCCCC. The van der Waals surface area contributed by atoms with Crippen molar-refractivity contribution in [2.45, 2.75) is 296 Å². The summed E-state index contributed by atoms with van der Waals surface area (Å²) in [4.78, 5) is 24.4. The minimum absolute atomic E-state index is 0.0129. The second-order valence-electron chi connectivity index (χ2n) is 18.2. The van der Waals surface area contributed by atoms with Crippen LogP contribution in [0.3, 0.4) is 0 Å². The Kier molecular flexibility index (Phi) is 48.6. The molecule has 6 nitrogen and oxygen atoms in total. The Morgan fingerprint density at radius 3 is 1.23 bits per heavy atom. The molecule has 354 valence electrons. The summed E-state index contributed by atoms with van der Waals surface area (Å²) in [5, 5.41) is 23.2. The van der Waals surface area contributed by atoms with Crippen LogP contribution in [-0.4, -0.2) is 47.4 Å². The number of rotatable bonds is 49. The van der Waals surface area contributed by atoms with Crippen LogP contribution in [0.25, 0.3) is 0 Å². The average Bonchev–Trinajstić information content (AvgIpc) is 3.25. The molecule has 0 aromatic rings. The molecule has 0 saturated carbocycles. The van der Waals surface area contributed by atoms with Gasteiger partial charge in [-0.1, -0.05) is 237 Å². The van der Waals surface area contributed by atoms with Crippen molar-refractivity contribution in [3.05, 3.63) is 24.3 Å². The summed E-state index contributed by atoms with van der Waals surface area (Å²) in [7, 11) is 0. The highest BCUT2D eigenvalue weighted by Gasteiger charge is 2.20. The van der Waals surface area contributed by atoms with Crippen LogP contribution in [0, 0.1) is 0 Å². The number of carbonyl (C=O) groups is 2. The first-order chi connectivity index (χ1) is 29.5. The van der Waals surface area contributed by atoms with Crippen LogP contribution in [0.1, 0.15) is 284 Å². The van der Waals surface area contributed by atoms with Crippen molar-refractivity contribution in [3.8, 4) is 0 Å². The van der Waals surface area contributed by atoms with Crippen LogP contribution in [0.2, 0.25) is 0 Å². The Morgan fingerprint density at radius 1 is 0.467 bits per heavy atom. The molecular weight excluding hydrogens is 743 g/mol. The van der Waals surface area contributed by atoms with E-state index in [-0.39, 0.29) is 18.5 Å². The van der Waals surface area contributed by atoms with E-state index in [0.717, 1.165) is 70.6 Å². The number of aliphatic hydroxyl groups is 2. The van der Waals surface area contributed by atoms with E-state index in [9.17, 15) is 19.8 Å². The van der Waals surface area contributed by atoms with E-state index in [2.05, 4.69) is 43.5 Å². The van der Waals surface area contributed by atoms with E-state index < -0.39 is 12.1 Å². The fraction of sp³-hybridized carbons (Fsp3) is 0.889. The van der Waals surface area contributed by atoms with Gasteiger partial charge in [0.15, 0.2) is 0 Å². The van der Waals surface area contributed by atoms with Gasteiger partial charge in [0.2, 0.25) is 5.91 Å². The predicted octanol–water partition coefficient (Wildman–Crippen LogP) is 15.9. The summed E-state index contributed by atoms with van der Waals surface area (Å²) in [5.41, 5.74) is 0. The number of allylic oxidation sites excluding steroid dienone is 4. The Hall–Kier alpha value is -1.66. The number of nitrogens with one attached hydrogen (secondary N) is 1. The lowest BCUT2D eigenvalue weighted by Crippen LogP contribution is -2.45. The van der Waals surface area contributed by atoms with E-state index in [1.807, 2.05) is 0 Å². The summed E-state index contributed by atoms with van der Waals surface area (Å²) >= 11 is 0. The van der Waals surface area contributed by atoms with Crippen molar-refractivity contribution >= 4 is 11.9 Å². The van der Waals surface area contributed by atoms with Crippen molar-refractivity contribution in [2.24, 2.45) is 0 Å². The van der Waals surface area contributed by atoms with Crippen LogP contribution in [0.4, 0.5) is 0 Å². The molecule has 0 fully saturated rings. The van der Waals surface area contributed by atoms with Gasteiger partial charge in [-0.15, -0.1) is 0 Å². The maximum Gasteiger partial charge on any atom is 0.305 e. The Bertz CT molecular complexity index is 935. The van der Waals surface area contributed by atoms with E-state index in [1.165, 1.54) is 180 Å². The molecule has 0 aromatic heterocycles. The third-order valence-electron chi connectivity index (χ3n) is 12.3. The van der Waals surface area contributed by atoms with E-state index in [0.29, 0.717) is 25.9 Å². The second kappa shape index (κ2) is 50.0. The summed E-state index contributed by atoms with van der Waals surface area (Å²) in [6.07, 6.45) is 58.7. The molecule has 0 aliphatic heterocycles. The lowest BCUT2D eigenvalue weighted by Gasteiger charge is -2.22. The van der Waals surface area contributed by atoms with Crippen LogP contribution in [0.5, 0.6) is 0 Å². The number of hydrogen-bond acceptors (Lipinski definition) is 5. The molecule has 0 spiro atoms. The van der Waals surface area contributed by atoms with E-state index in [1.54, 1.807) is 0 Å². The third-order valence-corrected chi connectivity index (χ3v) is 12.3. The fourth-order valence-electron chi connectivity index (χ4n) is 8.16. The molecule has 0 rings (SSSR count). The first-order valence-corrected chi connectivity index (χ1v) is 26.6. The van der Waals surface area contributed by atoms with Crippen LogP contribution >= 0.6 is 0 Å². The smallest absolute Gasteiger partial charge is 0.305 e. The van der Waals surface area contributed by atoms with Gasteiger partial charge in [0.05, 0.1) is 25.4 Å². The van der Waals surface area contributed by atoms with Gasteiger partial charge in [0.25, 0.3) is 0 Å². The molecule has 0 aliphatic rings. The molecule has 0 heterocycles. The van der Waals surface area contributed by atoms with Crippen LogP contribution < -0.4 is 5.32 Å². The predicted molar refractivity (Wildman–Crippen MR) is 260 cm³/mol. The molecule has 60 heavy (non-hydrogen) atoms. The van der Waals surface area contributed by atoms with Gasteiger partial charge in [0.1, 0.15) is 0 Å². The van der Waals surface area contributed by atoms with Gasteiger partial charge in [-0.3, -0.25) is 9.59 Å². The highest BCUT2D eigenvalue weighted by atomic mass is 16.5. The van der Waals surface area contributed by atoms with Gasteiger partial charge < -0.3 is 20.3 Å². The van der Waals surface area contributed by atoms with Crippen molar-refractivity contribution in [2.75, 3.05) is 13.2 Å². The summed E-state index contributed by atoms with van der Waals surface area (Å²) in [5.74, 6) is -0.0582. The molecule has 0 aliphatic carbocycles. The molecule has 2 atom stereocenters. The average molecular weight is 846 g/mol. The minimum Gasteiger partial charge on any atom is -0.466 e. The number of carbonyl (C=O) groups excluding carboxylic acids is 2. The second-order valence-corrected chi connectivity index (χ2v) is 18.2. The molecule has 0 saturated heterocycles. The van der Waals surface area contributed by atoms with Crippen LogP contribution in [-0.2, 0) is 14.3 Å². The first kappa shape index (κ1) is 58.3. The van der Waals surface area contributed by atoms with Gasteiger partial charge in [-0.2, -0.15) is 0 Å². The summed E-state index contributed by atoms with van der Waals surface area (Å²) < 4.78 is 5.44. The highest BCUT2D eigenvalue weighted by molar-refractivity contribution is 5.76. The number of amides is 1. The number of ether oxygens (including phenoxy) is 1. The zero-order valence-electron chi connectivity index (χ0n) is 40.2. The zero-order chi connectivity index (χ0) is 43.7. The molecule has 6 heteroatoms. The highest BCUT2D eigenvalue weighted by Crippen LogP contribution is 2.16. The molecule has 2 unspecified atom stereocenters. The topological polar surface area (TPSA) is 95.9 Å². The Labute approximate surface area is 373 Å². The van der Waals surface area contributed by atoms with E-state index in [4.69, 9.17) is 4.74 Å². The maximum atomic E-state index is 12.4. The standard InChI is InChI=1S/C54H103NO5/c1-3-5-7-9-11-13-15-26-30-34-38-42-46-52(57)51(50-56)55-53(58)47-43-39-35-31-27-24-22-20-18-17-19-21-23-25-29-33-37-41-45-49-60-54(59)48-44-40-36-32-28-16-14-12-10-8-6-4-2/h21,23,25,29,51-52,56-57H,3-20,22,24,26-28,30-50H2,1-2H3,(H,55,58)/b23-21-,29-25-. The van der Waals surface area contributed by atoms with Crippen LogP contribution in [0.15, 0.2) is 24.3 Å². The molecule has 3 N–H and O–H groups in total. The number of aliphatic hydroxyl groups excluding tert-OH is 2. The normalized spacial score (nSPS) is 12.8. The Morgan fingerprint density at radius 2 is 0.817 bits per heavy atom. The molecule has 0 aromatic carbocycles. The summed E-state index contributed by atoms with van der Waals surface area (Å²) in [6, 6.07) is -0.547.